The van der Waals surface area contributed by atoms with Crippen molar-refractivity contribution >= 4 is 43.8 Å². The van der Waals surface area contributed by atoms with Gasteiger partial charge in [0.25, 0.3) is 20.2 Å². The number of nitrogens with two attached hydrogens (primary N) is 2. The molecule has 0 bridgehead atoms. The van der Waals surface area contributed by atoms with E-state index in [0.717, 1.165) is 12.1 Å². The van der Waals surface area contributed by atoms with Gasteiger partial charge < -0.3 is 11.5 Å². The number of anilines is 2. The van der Waals surface area contributed by atoms with E-state index >= 15 is 0 Å². The van der Waals surface area contributed by atoms with E-state index in [9.17, 15) is 25.9 Å². The fourth-order valence-corrected chi connectivity index (χ4v) is 3.44. The predicted octanol–water partition coefficient (Wildman–Crippen LogP) is 3.57. The van der Waals surface area contributed by atoms with Crippen LogP contribution in [0.15, 0.2) is 46.2 Å². The molecule has 0 aliphatic heterocycles. The zero-order valence-electron chi connectivity index (χ0n) is 16.1. The van der Waals surface area contributed by atoms with E-state index in [1.54, 1.807) is 0 Å². The lowest BCUT2D eigenvalue weighted by Crippen LogP contribution is -2.03. The quantitative estimate of drug-likeness (QED) is 0.325. The molecule has 2 aromatic rings. The number of hydrogen-bond acceptors (Lipinski definition) is 6. The monoisotopic (exact) mass is 430 g/mol. The maximum absolute atomic E-state index is 11.4. The summed E-state index contributed by atoms with van der Waals surface area (Å²) in [4.78, 5) is -0.856. The van der Waals surface area contributed by atoms with Gasteiger partial charge in [0.2, 0.25) is 0 Å². The van der Waals surface area contributed by atoms with Crippen molar-refractivity contribution in [2.45, 2.75) is 37.5 Å². The van der Waals surface area contributed by atoms with Crippen LogP contribution in [0.5, 0.6) is 0 Å². The van der Waals surface area contributed by atoms with Crippen molar-refractivity contribution in [3.05, 3.63) is 47.5 Å². The Hall–Kier alpha value is -2.40. The lowest BCUT2D eigenvalue weighted by Gasteiger charge is -2.06. The number of benzene rings is 2. The van der Waals surface area contributed by atoms with Gasteiger partial charge in [-0.2, -0.15) is 16.8 Å². The van der Waals surface area contributed by atoms with Crippen LogP contribution in [-0.4, -0.2) is 25.9 Å². The molecule has 0 radical (unpaired) electrons. The van der Waals surface area contributed by atoms with E-state index in [-0.39, 0.29) is 22.5 Å². The highest BCUT2D eigenvalue weighted by Crippen LogP contribution is 2.24. The molecule has 0 spiro atoms. The molecule has 0 fully saturated rings. The molecule has 28 heavy (non-hydrogen) atoms. The van der Waals surface area contributed by atoms with Crippen molar-refractivity contribution in [1.82, 2.24) is 0 Å². The van der Waals surface area contributed by atoms with E-state index < -0.39 is 30.0 Å². The van der Waals surface area contributed by atoms with Crippen LogP contribution < -0.4 is 11.5 Å². The Labute approximate surface area is 166 Å². The van der Waals surface area contributed by atoms with Crippen molar-refractivity contribution in [1.29, 1.82) is 0 Å². The second kappa shape index (κ2) is 10.8. The molecule has 0 saturated carbocycles. The van der Waals surface area contributed by atoms with Crippen LogP contribution in [0.25, 0.3) is 12.2 Å². The number of nitrogen functional groups attached to an aromatic ring is 2. The second-order valence-corrected chi connectivity index (χ2v) is 7.66. The first-order valence-electron chi connectivity index (χ1n) is 8.40. The standard InChI is InChI=1S/C14H14N2O6S2.2C2H6/c15-11-5-3-9(13(7-11)23(17,18)19)1-2-10-4-6-12(16)8-14(10)24(20,21)22;2*1-2/h1-8H,15-16H2,(H,17,18,19)(H,20,21,22);2*1-2H3/b2-1+;;. The van der Waals surface area contributed by atoms with Crippen LogP contribution in [0, 0.1) is 0 Å². The third kappa shape index (κ3) is 7.31. The van der Waals surface area contributed by atoms with Gasteiger partial charge in [-0.25, -0.2) is 0 Å². The van der Waals surface area contributed by atoms with Gasteiger partial charge in [0.15, 0.2) is 0 Å². The van der Waals surface area contributed by atoms with Gasteiger partial charge >= 0.3 is 0 Å². The lowest BCUT2D eigenvalue weighted by molar-refractivity contribution is 0.480. The topological polar surface area (TPSA) is 161 Å². The summed E-state index contributed by atoms with van der Waals surface area (Å²) in [5.41, 5.74) is 11.4. The summed E-state index contributed by atoms with van der Waals surface area (Å²) in [6.07, 6.45) is 2.53. The molecule has 10 heteroatoms. The average molecular weight is 431 g/mol. The Bertz CT molecular complexity index is 947. The molecule has 2 aromatic carbocycles. The number of hydrogen-bond donors (Lipinski definition) is 4. The average Bonchev–Trinajstić information content (AvgIpc) is 2.63. The highest BCUT2D eigenvalue weighted by atomic mass is 32.2. The van der Waals surface area contributed by atoms with Gasteiger partial charge in [-0.1, -0.05) is 52.0 Å². The summed E-state index contributed by atoms with van der Waals surface area (Å²) >= 11 is 0. The van der Waals surface area contributed by atoms with E-state index in [2.05, 4.69) is 0 Å². The van der Waals surface area contributed by atoms with Crippen molar-refractivity contribution in [3.63, 3.8) is 0 Å². The molecule has 156 valence electrons. The molecule has 0 unspecified atom stereocenters. The van der Waals surface area contributed by atoms with Gasteiger partial charge in [0.05, 0.1) is 0 Å². The summed E-state index contributed by atoms with van der Waals surface area (Å²) < 4.78 is 64.1. The van der Waals surface area contributed by atoms with Gasteiger partial charge in [0.1, 0.15) is 9.79 Å². The molecule has 2 rings (SSSR count). The zero-order valence-corrected chi connectivity index (χ0v) is 17.8. The molecule has 0 aliphatic rings. The van der Waals surface area contributed by atoms with Gasteiger partial charge in [0, 0.05) is 11.4 Å². The van der Waals surface area contributed by atoms with Gasteiger partial charge in [-0.3, -0.25) is 9.11 Å². The maximum Gasteiger partial charge on any atom is 0.295 e. The largest absolute Gasteiger partial charge is 0.399 e. The second-order valence-electron chi connectivity index (χ2n) is 4.88. The first-order valence-corrected chi connectivity index (χ1v) is 11.3. The molecule has 0 atom stereocenters. The predicted molar refractivity (Wildman–Crippen MR) is 113 cm³/mol. The minimum absolute atomic E-state index is 0.0878. The molecular formula is C18H26N2O6S2. The zero-order chi connectivity index (χ0) is 22.1. The molecular weight excluding hydrogens is 404 g/mol. The Kier molecular flexibility index (Phi) is 9.88. The van der Waals surface area contributed by atoms with Gasteiger partial charge in [-0.15, -0.1) is 0 Å². The smallest absolute Gasteiger partial charge is 0.295 e. The Morgan fingerprint density at radius 2 is 0.964 bits per heavy atom. The normalized spacial score (nSPS) is 11.2. The molecule has 6 N–H and O–H groups in total. The molecule has 0 heterocycles. The highest BCUT2D eigenvalue weighted by Gasteiger charge is 2.16. The van der Waals surface area contributed by atoms with E-state index in [0.29, 0.717) is 0 Å². The van der Waals surface area contributed by atoms with Crippen molar-refractivity contribution in [2.75, 3.05) is 11.5 Å². The SMILES string of the molecule is CC.CC.Nc1ccc(/C=C/c2ccc(N)cc2S(=O)(=O)O)c(S(=O)(=O)O)c1. The lowest BCUT2D eigenvalue weighted by atomic mass is 10.1. The summed E-state index contributed by atoms with van der Waals surface area (Å²) in [7, 11) is -9.05. The van der Waals surface area contributed by atoms with Crippen molar-refractivity contribution in [3.8, 4) is 0 Å². The van der Waals surface area contributed by atoms with E-state index in [4.69, 9.17) is 11.5 Å². The molecule has 8 nitrogen and oxygen atoms in total. The fourth-order valence-electron chi connectivity index (χ4n) is 2.00. The Morgan fingerprint density at radius 3 is 1.21 bits per heavy atom. The minimum Gasteiger partial charge on any atom is -0.399 e. The van der Waals surface area contributed by atoms with Crippen LogP contribution >= 0.6 is 0 Å². The third-order valence-electron chi connectivity index (χ3n) is 3.07. The van der Waals surface area contributed by atoms with Gasteiger partial charge in [-0.05, 0) is 35.4 Å². The first kappa shape index (κ1) is 25.6. The van der Waals surface area contributed by atoms with Crippen LogP contribution in [0.4, 0.5) is 11.4 Å². The maximum atomic E-state index is 11.4. The van der Waals surface area contributed by atoms with Crippen molar-refractivity contribution < 1.29 is 25.9 Å². The summed E-state index contributed by atoms with van der Waals surface area (Å²) in [5, 5.41) is 0. The van der Waals surface area contributed by atoms with E-state index in [1.165, 1.54) is 36.4 Å². The summed E-state index contributed by atoms with van der Waals surface area (Å²) in [5.74, 6) is 0. The number of rotatable bonds is 4. The van der Waals surface area contributed by atoms with Crippen LogP contribution in [0.2, 0.25) is 0 Å². The molecule has 0 amide bonds. The van der Waals surface area contributed by atoms with E-state index in [1.807, 2.05) is 27.7 Å². The first-order chi connectivity index (χ1) is 13.0. The van der Waals surface area contributed by atoms with Crippen LogP contribution in [0.3, 0.4) is 0 Å². The fraction of sp³-hybridized carbons (Fsp3) is 0.222. The Balaban J connectivity index is 0.00000171. The molecule has 0 aromatic heterocycles. The molecule has 0 aliphatic carbocycles. The summed E-state index contributed by atoms with van der Waals surface area (Å²) in [6, 6.07) is 7.67. The van der Waals surface area contributed by atoms with Crippen LogP contribution in [0.1, 0.15) is 38.8 Å². The Morgan fingerprint density at radius 1 is 0.679 bits per heavy atom. The van der Waals surface area contributed by atoms with Crippen molar-refractivity contribution in [2.24, 2.45) is 0 Å². The summed E-state index contributed by atoms with van der Waals surface area (Å²) in [6.45, 7) is 8.00. The third-order valence-corrected chi connectivity index (χ3v) is 4.89. The minimum atomic E-state index is -4.52. The molecule has 0 saturated heterocycles. The van der Waals surface area contributed by atoms with Crippen LogP contribution in [-0.2, 0) is 20.2 Å². The highest BCUT2D eigenvalue weighted by molar-refractivity contribution is 7.86.